The summed E-state index contributed by atoms with van der Waals surface area (Å²) in [6.07, 6.45) is 9.65. The quantitative estimate of drug-likeness (QED) is 0.374. The molecule has 0 radical (unpaired) electrons. The Morgan fingerprint density at radius 2 is 1.30 bits per heavy atom. The van der Waals surface area contributed by atoms with Crippen molar-refractivity contribution in [2.45, 2.75) is 86.5 Å². The molecule has 0 aliphatic heterocycles. The first-order chi connectivity index (χ1) is 9.40. The fraction of sp³-hybridized carbons (Fsp3) is 1.00. The third-order valence-corrected chi connectivity index (χ3v) is 5.35. The van der Waals surface area contributed by atoms with Crippen molar-refractivity contribution in [2.75, 3.05) is 5.75 Å². The molecule has 1 heteroatoms. The molecule has 0 aromatic carbocycles. The third-order valence-electron chi connectivity index (χ3n) is 5.03. The molecule has 0 aromatic rings. The third kappa shape index (κ3) is 10.1. The van der Waals surface area contributed by atoms with Gasteiger partial charge in [-0.1, -0.05) is 60.8 Å². The Kier molecular flexibility index (Phi) is 12.2. The Hall–Kier alpha value is 0.350. The predicted octanol–water partition coefficient (Wildman–Crippen LogP) is 6.85. The van der Waals surface area contributed by atoms with E-state index in [2.05, 4.69) is 54.2 Å². The standard InChI is InChI=1S/C19H40S/c1-7-16(4)13-17(5)10-11-18(6)14-19(15(2)3)9-8-12-20/h15-20H,7-14H2,1-6H3. The summed E-state index contributed by atoms with van der Waals surface area (Å²) in [6.45, 7) is 14.4. The smallest absolute Gasteiger partial charge is 0.00978 e. The topological polar surface area (TPSA) is 0 Å². The van der Waals surface area contributed by atoms with Crippen LogP contribution in [0.1, 0.15) is 86.5 Å². The lowest BCUT2D eigenvalue weighted by Gasteiger charge is -2.25. The molecule has 0 heterocycles. The van der Waals surface area contributed by atoms with Crippen molar-refractivity contribution >= 4 is 12.6 Å². The van der Waals surface area contributed by atoms with Crippen LogP contribution in [0.4, 0.5) is 0 Å². The second kappa shape index (κ2) is 12.0. The molecule has 0 aliphatic rings. The molecule has 0 fully saturated rings. The molecule has 0 saturated carbocycles. The van der Waals surface area contributed by atoms with Gasteiger partial charge in [-0.05, 0) is 61.0 Å². The van der Waals surface area contributed by atoms with Crippen molar-refractivity contribution < 1.29 is 0 Å². The Morgan fingerprint density at radius 3 is 1.75 bits per heavy atom. The van der Waals surface area contributed by atoms with E-state index in [9.17, 15) is 0 Å². The highest BCUT2D eigenvalue weighted by Gasteiger charge is 2.17. The van der Waals surface area contributed by atoms with Gasteiger partial charge < -0.3 is 0 Å². The summed E-state index contributed by atoms with van der Waals surface area (Å²) in [5, 5.41) is 0. The van der Waals surface area contributed by atoms with E-state index in [-0.39, 0.29) is 0 Å². The maximum atomic E-state index is 4.36. The number of hydrogen-bond acceptors (Lipinski definition) is 1. The van der Waals surface area contributed by atoms with Crippen LogP contribution in [0.25, 0.3) is 0 Å². The number of thiol groups is 1. The summed E-state index contributed by atoms with van der Waals surface area (Å²) in [6, 6.07) is 0. The van der Waals surface area contributed by atoms with E-state index in [1.807, 2.05) is 0 Å². The lowest BCUT2D eigenvalue weighted by molar-refractivity contribution is 0.265. The zero-order chi connectivity index (χ0) is 15.5. The van der Waals surface area contributed by atoms with E-state index < -0.39 is 0 Å². The van der Waals surface area contributed by atoms with Crippen molar-refractivity contribution in [3.8, 4) is 0 Å². The van der Waals surface area contributed by atoms with E-state index in [4.69, 9.17) is 0 Å². The van der Waals surface area contributed by atoms with Crippen molar-refractivity contribution in [3.05, 3.63) is 0 Å². The van der Waals surface area contributed by atoms with E-state index in [0.29, 0.717) is 0 Å². The second-order valence-corrected chi connectivity index (χ2v) is 8.09. The van der Waals surface area contributed by atoms with Gasteiger partial charge >= 0.3 is 0 Å². The minimum Gasteiger partial charge on any atom is -0.179 e. The fourth-order valence-corrected chi connectivity index (χ4v) is 3.43. The molecule has 4 atom stereocenters. The summed E-state index contributed by atoms with van der Waals surface area (Å²) >= 11 is 4.36. The molecule has 0 N–H and O–H groups in total. The van der Waals surface area contributed by atoms with Gasteiger partial charge in [0.05, 0.1) is 0 Å². The van der Waals surface area contributed by atoms with Gasteiger partial charge in [0.2, 0.25) is 0 Å². The maximum absolute atomic E-state index is 4.36. The average molecular weight is 301 g/mol. The van der Waals surface area contributed by atoms with Gasteiger partial charge in [0.15, 0.2) is 0 Å². The lowest BCUT2D eigenvalue weighted by Crippen LogP contribution is -2.14. The minimum absolute atomic E-state index is 0.829. The Labute approximate surface area is 134 Å². The largest absolute Gasteiger partial charge is 0.179 e. The Bertz CT molecular complexity index is 212. The van der Waals surface area contributed by atoms with Crippen molar-refractivity contribution in [3.63, 3.8) is 0 Å². The van der Waals surface area contributed by atoms with E-state index in [1.165, 1.54) is 44.9 Å². The summed E-state index contributed by atoms with van der Waals surface area (Å²) in [7, 11) is 0. The van der Waals surface area contributed by atoms with Gasteiger partial charge in [0.1, 0.15) is 0 Å². The summed E-state index contributed by atoms with van der Waals surface area (Å²) in [5.74, 6) is 5.48. The van der Waals surface area contributed by atoms with Crippen LogP contribution in [0, 0.1) is 29.6 Å². The molecule has 0 aliphatic carbocycles. The Balaban J connectivity index is 3.97. The average Bonchev–Trinajstić information content (AvgIpc) is 2.40. The van der Waals surface area contributed by atoms with E-state index in [1.54, 1.807) is 0 Å². The first-order valence-corrected chi connectivity index (χ1v) is 9.64. The van der Waals surface area contributed by atoms with Crippen LogP contribution in [-0.4, -0.2) is 5.75 Å². The fourth-order valence-electron chi connectivity index (χ4n) is 3.25. The van der Waals surface area contributed by atoms with Gasteiger partial charge in [-0.2, -0.15) is 12.6 Å². The molecule has 0 spiro atoms. The van der Waals surface area contributed by atoms with Crippen LogP contribution in [0.3, 0.4) is 0 Å². The van der Waals surface area contributed by atoms with Crippen LogP contribution in [0.5, 0.6) is 0 Å². The molecular formula is C19H40S. The molecule has 0 nitrogen and oxygen atoms in total. The predicted molar refractivity (Wildman–Crippen MR) is 97.7 cm³/mol. The SMILES string of the molecule is CCC(C)CC(C)CCC(C)CC(CCCS)C(C)C. The van der Waals surface area contributed by atoms with Gasteiger partial charge in [0.25, 0.3) is 0 Å². The zero-order valence-electron chi connectivity index (χ0n) is 15.0. The first kappa shape index (κ1) is 20.3. The minimum atomic E-state index is 0.829. The first-order valence-electron chi connectivity index (χ1n) is 9.01. The second-order valence-electron chi connectivity index (χ2n) is 7.64. The highest BCUT2D eigenvalue weighted by atomic mass is 32.1. The van der Waals surface area contributed by atoms with Crippen LogP contribution in [-0.2, 0) is 0 Å². The zero-order valence-corrected chi connectivity index (χ0v) is 15.9. The van der Waals surface area contributed by atoms with Crippen molar-refractivity contribution in [2.24, 2.45) is 29.6 Å². The highest BCUT2D eigenvalue weighted by molar-refractivity contribution is 7.80. The van der Waals surface area contributed by atoms with E-state index in [0.717, 1.165) is 35.3 Å². The van der Waals surface area contributed by atoms with Crippen LogP contribution in [0.15, 0.2) is 0 Å². The molecular weight excluding hydrogens is 260 g/mol. The Morgan fingerprint density at radius 1 is 0.750 bits per heavy atom. The van der Waals surface area contributed by atoms with E-state index >= 15 is 0 Å². The van der Waals surface area contributed by atoms with Gasteiger partial charge in [-0.25, -0.2) is 0 Å². The highest BCUT2D eigenvalue weighted by Crippen LogP contribution is 2.29. The van der Waals surface area contributed by atoms with Crippen molar-refractivity contribution in [1.29, 1.82) is 0 Å². The molecule has 4 unspecified atom stereocenters. The number of rotatable bonds is 12. The monoisotopic (exact) mass is 300 g/mol. The molecule has 122 valence electrons. The van der Waals surface area contributed by atoms with Gasteiger partial charge in [0, 0.05) is 0 Å². The molecule has 0 rings (SSSR count). The van der Waals surface area contributed by atoms with Crippen LogP contribution >= 0.6 is 12.6 Å². The maximum Gasteiger partial charge on any atom is -0.00978 e. The summed E-state index contributed by atoms with van der Waals surface area (Å²) in [4.78, 5) is 0. The van der Waals surface area contributed by atoms with Gasteiger partial charge in [-0.15, -0.1) is 0 Å². The molecule has 0 amide bonds. The summed E-state index contributed by atoms with van der Waals surface area (Å²) < 4.78 is 0. The van der Waals surface area contributed by atoms with Crippen molar-refractivity contribution in [1.82, 2.24) is 0 Å². The molecule has 20 heavy (non-hydrogen) atoms. The lowest BCUT2D eigenvalue weighted by atomic mass is 9.81. The summed E-state index contributed by atoms with van der Waals surface area (Å²) in [5.41, 5.74) is 0. The van der Waals surface area contributed by atoms with Crippen LogP contribution in [0.2, 0.25) is 0 Å². The van der Waals surface area contributed by atoms with Gasteiger partial charge in [-0.3, -0.25) is 0 Å². The number of hydrogen-bond donors (Lipinski definition) is 1. The molecule has 0 bridgehead atoms. The van der Waals surface area contributed by atoms with Crippen LogP contribution < -0.4 is 0 Å². The molecule has 0 aromatic heterocycles. The molecule has 0 saturated heterocycles. The normalized spacial score (nSPS) is 18.0.